The number of nitro benzene ring substituents is 1. The lowest BCUT2D eigenvalue weighted by atomic mass is 10.1. The van der Waals surface area contributed by atoms with E-state index in [0.29, 0.717) is 22.0 Å². The second-order valence-electron chi connectivity index (χ2n) is 6.39. The molecule has 2 N–H and O–H groups in total. The molecule has 0 bridgehead atoms. The van der Waals surface area contributed by atoms with Gasteiger partial charge in [0, 0.05) is 29.5 Å². The van der Waals surface area contributed by atoms with Crippen LogP contribution in [0.5, 0.6) is 0 Å². The monoisotopic (exact) mass is 448 g/mol. The van der Waals surface area contributed by atoms with Gasteiger partial charge in [0.2, 0.25) is 0 Å². The van der Waals surface area contributed by atoms with E-state index in [-0.39, 0.29) is 17.3 Å². The maximum absolute atomic E-state index is 12.0. The molecule has 11 nitrogen and oxygen atoms in total. The largest absolute Gasteiger partial charge is 0.272 e. The van der Waals surface area contributed by atoms with Gasteiger partial charge in [0.25, 0.3) is 11.6 Å². The van der Waals surface area contributed by atoms with Gasteiger partial charge in [-0.1, -0.05) is 30.0 Å². The second kappa shape index (κ2) is 9.66. The molecule has 0 unspecified atom stereocenters. The van der Waals surface area contributed by atoms with Crippen LogP contribution < -0.4 is 5.43 Å². The van der Waals surface area contributed by atoms with Crippen LogP contribution in [0.25, 0.3) is 16.9 Å². The first-order chi connectivity index (χ1) is 15.6. The molecular weight excluding hydrogens is 432 g/mol. The molecule has 0 saturated carbocycles. The fourth-order valence-corrected chi connectivity index (χ4v) is 3.34. The van der Waals surface area contributed by atoms with Crippen LogP contribution in [0.2, 0.25) is 0 Å². The number of aromatic nitrogens is 5. The lowest BCUT2D eigenvalue weighted by Crippen LogP contribution is -2.19. The molecule has 160 valence electrons. The van der Waals surface area contributed by atoms with Crippen molar-refractivity contribution in [2.24, 2.45) is 5.10 Å². The maximum Gasteiger partial charge on any atom is 0.269 e. The molecule has 4 aromatic rings. The van der Waals surface area contributed by atoms with Crippen LogP contribution in [0.3, 0.4) is 0 Å². The zero-order valence-corrected chi connectivity index (χ0v) is 17.3. The van der Waals surface area contributed by atoms with E-state index in [4.69, 9.17) is 0 Å². The Balaban J connectivity index is 1.55. The molecule has 1 amide bonds. The summed E-state index contributed by atoms with van der Waals surface area (Å²) < 4.78 is 1.68. The Morgan fingerprint density at radius 3 is 2.69 bits per heavy atom. The van der Waals surface area contributed by atoms with Crippen LogP contribution >= 0.6 is 11.8 Å². The first kappa shape index (κ1) is 20.9. The molecule has 2 heterocycles. The van der Waals surface area contributed by atoms with Crippen molar-refractivity contribution in [2.75, 3.05) is 5.75 Å². The lowest BCUT2D eigenvalue weighted by molar-refractivity contribution is -0.384. The Morgan fingerprint density at radius 1 is 1.22 bits per heavy atom. The van der Waals surface area contributed by atoms with E-state index >= 15 is 0 Å². The number of aromatic amines is 1. The van der Waals surface area contributed by atoms with Crippen molar-refractivity contribution in [3.05, 3.63) is 82.8 Å². The molecule has 0 fully saturated rings. The number of H-pyrrole nitrogens is 1. The van der Waals surface area contributed by atoms with Gasteiger partial charge in [-0.2, -0.15) is 15.3 Å². The van der Waals surface area contributed by atoms with Crippen LogP contribution in [0.1, 0.15) is 5.56 Å². The van der Waals surface area contributed by atoms with Crippen LogP contribution in [-0.2, 0) is 4.79 Å². The Kier molecular flexibility index (Phi) is 6.32. The van der Waals surface area contributed by atoms with Gasteiger partial charge in [0.05, 0.1) is 22.6 Å². The van der Waals surface area contributed by atoms with Crippen LogP contribution in [-0.4, -0.2) is 47.8 Å². The SMILES string of the molecule is O=C(CSc1ncn[nH]1)N/N=C\c1cn(-c2ccccc2)nc1-c1ccc([N+](=O)[O-])cc1. The predicted molar refractivity (Wildman–Crippen MR) is 118 cm³/mol. The van der Waals surface area contributed by atoms with E-state index in [1.807, 2.05) is 30.3 Å². The number of carbonyl (C=O) groups excluding carboxylic acids is 1. The van der Waals surface area contributed by atoms with E-state index in [1.165, 1.54) is 36.4 Å². The minimum atomic E-state index is -0.457. The maximum atomic E-state index is 12.0. The Hall–Kier alpha value is -4.32. The molecule has 0 aliphatic carbocycles. The average molecular weight is 448 g/mol. The number of non-ortho nitro benzene ring substituents is 1. The number of nitrogens with zero attached hydrogens (tertiary/aromatic N) is 6. The number of benzene rings is 2. The summed E-state index contributed by atoms with van der Waals surface area (Å²) >= 11 is 1.20. The number of rotatable bonds is 8. The zero-order chi connectivity index (χ0) is 22.3. The number of thioether (sulfide) groups is 1. The van der Waals surface area contributed by atoms with Crippen LogP contribution in [0.15, 0.2) is 77.4 Å². The third-order valence-corrected chi connectivity index (χ3v) is 5.12. The van der Waals surface area contributed by atoms with Crippen molar-refractivity contribution in [1.82, 2.24) is 30.4 Å². The second-order valence-corrected chi connectivity index (χ2v) is 7.35. The fourth-order valence-electron chi connectivity index (χ4n) is 2.76. The van der Waals surface area contributed by atoms with E-state index < -0.39 is 4.92 Å². The highest BCUT2D eigenvalue weighted by Crippen LogP contribution is 2.25. The molecule has 0 atom stereocenters. The number of para-hydroxylation sites is 1. The third kappa shape index (κ3) is 5.05. The highest BCUT2D eigenvalue weighted by atomic mass is 32.2. The summed E-state index contributed by atoms with van der Waals surface area (Å²) in [5.41, 5.74) is 5.17. The molecule has 0 aliphatic heterocycles. The molecule has 0 radical (unpaired) electrons. The normalized spacial score (nSPS) is 11.0. The van der Waals surface area contributed by atoms with Crippen molar-refractivity contribution in [3.63, 3.8) is 0 Å². The fraction of sp³-hybridized carbons (Fsp3) is 0.0500. The first-order valence-electron chi connectivity index (χ1n) is 9.30. The van der Waals surface area contributed by atoms with Gasteiger partial charge in [-0.25, -0.2) is 15.1 Å². The molecule has 0 spiro atoms. The summed E-state index contributed by atoms with van der Waals surface area (Å²) in [7, 11) is 0. The summed E-state index contributed by atoms with van der Waals surface area (Å²) in [6.07, 6.45) is 4.62. The van der Waals surface area contributed by atoms with E-state index in [2.05, 4.69) is 30.8 Å². The van der Waals surface area contributed by atoms with Gasteiger partial charge in [-0.15, -0.1) is 0 Å². The summed E-state index contributed by atoms with van der Waals surface area (Å²) in [4.78, 5) is 26.4. The molecule has 0 saturated heterocycles. The molecule has 2 aromatic heterocycles. The van der Waals surface area contributed by atoms with Crippen molar-refractivity contribution >= 4 is 29.6 Å². The Labute approximate surface area is 185 Å². The van der Waals surface area contributed by atoms with Gasteiger partial charge in [-0.3, -0.25) is 20.0 Å². The minimum Gasteiger partial charge on any atom is -0.272 e. The summed E-state index contributed by atoms with van der Waals surface area (Å²) in [6, 6.07) is 15.6. The highest BCUT2D eigenvalue weighted by Gasteiger charge is 2.13. The summed E-state index contributed by atoms with van der Waals surface area (Å²) in [5.74, 6) is -0.194. The number of hydrogen-bond acceptors (Lipinski definition) is 8. The zero-order valence-electron chi connectivity index (χ0n) is 16.5. The average Bonchev–Trinajstić information content (AvgIpc) is 3.49. The Bertz CT molecular complexity index is 1240. The first-order valence-corrected chi connectivity index (χ1v) is 10.3. The number of nitro groups is 1. The van der Waals surface area contributed by atoms with Crippen molar-refractivity contribution in [3.8, 4) is 16.9 Å². The molecular formula is C20H16N8O3S. The van der Waals surface area contributed by atoms with Crippen molar-refractivity contribution in [1.29, 1.82) is 0 Å². The van der Waals surface area contributed by atoms with Gasteiger partial charge < -0.3 is 0 Å². The van der Waals surface area contributed by atoms with E-state index in [0.717, 1.165) is 5.69 Å². The van der Waals surface area contributed by atoms with Crippen LogP contribution in [0, 0.1) is 10.1 Å². The molecule has 4 rings (SSSR count). The van der Waals surface area contributed by atoms with Crippen LogP contribution in [0.4, 0.5) is 5.69 Å². The topological polar surface area (TPSA) is 144 Å². The van der Waals surface area contributed by atoms with E-state index in [1.54, 1.807) is 23.0 Å². The van der Waals surface area contributed by atoms with Crippen molar-refractivity contribution in [2.45, 2.75) is 5.16 Å². The highest BCUT2D eigenvalue weighted by molar-refractivity contribution is 7.99. The molecule has 0 aliphatic rings. The predicted octanol–water partition coefficient (Wildman–Crippen LogP) is 2.81. The number of carbonyl (C=O) groups is 1. The minimum absolute atomic E-state index is 0.0111. The summed E-state index contributed by atoms with van der Waals surface area (Å²) in [5, 5.41) is 26.5. The lowest BCUT2D eigenvalue weighted by Gasteiger charge is -2.00. The molecule has 32 heavy (non-hydrogen) atoms. The number of nitrogens with one attached hydrogen (secondary N) is 2. The molecule has 12 heteroatoms. The van der Waals surface area contributed by atoms with Gasteiger partial charge >= 0.3 is 0 Å². The number of hydrazone groups is 1. The molecule has 2 aromatic carbocycles. The van der Waals surface area contributed by atoms with Crippen molar-refractivity contribution < 1.29 is 9.72 Å². The smallest absolute Gasteiger partial charge is 0.269 e. The summed E-state index contributed by atoms with van der Waals surface area (Å²) in [6.45, 7) is 0. The van der Waals surface area contributed by atoms with Gasteiger partial charge in [0.1, 0.15) is 12.0 Å². The standard InChI is InChI=1S/C20H16N8O3S/c29-18(12-32-20-21-13-23-25-20)24-22-10-15-11-27(16-4-2-1-3-5-16)26-19(15)14-6-8-17(9-7-14)28(30)31/h1-11,13H,12H2,(H,24,29)(H,21,23,25)/b22-10-. The Morgan fingerprint density at radius 2 is 2.00 bits per heavy atom. The van der Waals surface area contributed by atoms with E-state index in [9.17, 15) is 14.9 Å². The quantitative estimate of drug-likeness (QED) is 0.182. The number of hydrogen-bond donors (Lipinski definition) is 2. The number of amides is 1. The van der Waals surface area contributed by atoms with Gasteiger partial charge in [-0.05, 0) is 24.3 Å². The van der Waals surface area contributed by atoms with Gasteiger partial charge in [0.15, 0.2) is 5.16 Å². The third-order valence-electron chi connectivity index (χ3n) is 4.24.